The number of hydrogen-bond acceptors (Lipinski definition) is 7. The van der Waals surface area contributed by atoms with Gasteiger partial charge in [-0.1, -0.05) is 24.3 Å². The van der Waals surface area contributed by atoms with Crippen LogP contribution in [0.1, 0.15) is 56.6 Å². The Bertz CT molecular complexity index is 1210. The number of carbonyl (C=O) groups is 2. The third-order valence-electron chi connectivity index (χ3n) is 6.88. The van der Waals surface area contributed by atoms with E-state index in [1.54, 1.807) is 21.1 Å². The van der Waals surface area contributed by atoms with Crippen LogP contribution in [0.5, 0.6) is 17.2 Å². The van der Waals surface area contributed by atoms with E-state index in [-0.39, 0.29) is 18.3 Å². The Morgan fingerprint density at radius 1 is 0.944 bits per heavy atom. The van der Waals surface area contributed by atoms with Gasteiger partial charge in [-0.3, -0.25) is 9.79 Å². The van der Waals surface area contributed by atoms with E-state index in [2.05, 4.69) is 0 Å². The fourth-order valence-corrected chi connectivity index (χ4v) is 5.35. The second kappa shape index (κ2) is 11.0. The van der Waals surface area contributed by atoms with Crippen molar-refractivity contribution < 1.29 is 28.5 Å². The SMILES string of the molecule is CCOC(=O)C1=C(C)N=C2C[C@@H](c3ccc(OC)c(OC)c3)CC(=O)C2[C@H]1c1ccccc1OCC. The van der Waals surface area contributed by atoms with Crippen LogP contribution in [-0.2, 0) is 14.3 Å². The predicted octanol–water partition coefficient (Wildman–Crippen LogP) is 5.24. The minimum atomic E-state index is -0.550. The molecule has 0 radical (unpaired) electrons. The molecule has 1 unspecified atom stereocenters. The summed E-state index contributed by atoms with van der Waals surface area (Å²) >= 11 is 0. The highest BCUT2D eigenvalue weighted by molar-refractivity contribution is 6.12. The molecule has 0 amide bonds. The van der Waals surface area contributed by atoms with E-state index in [1.807, 2.05) is 56.3 Å². The van der Waals surface area contributed by atoms with Crippen molar-refractivity contribution in [3.63, 3.8) is 0 Å². The van der Waals surface area contributed by atoms with Gasteiger partial charge in [-0.2, -0.15) is 0 Å². The van der Waals surface area contributed by atoms with Gasteiger partial charge in [-0.05, 0) is 56.9 Å². The number of benzene rings is 2. The monoisotopic (exact) mass is 491 g/mol. The van der Waals surface area contributed by atoms with Crippen molar-refractivity contribution in [1.29, 1.82) is 0 Å². The lowest BCUT2D eigenvalue weighted by atomic mass is 9.66. The quantitative estimate of drug-likeness (QED) is 0.470. The third kappa shape index (κ3) is 4.74. The van der Waals surface area contributed by atoms with Crippen molar-refractivity contribution in [2.45, 2.75) is 45.4 Å². The molecule has 1 aliphatic heterocycles. The molecule has 0 N–H and O–H groups in total. The number of methoxy groups -OCH3 is 2. The number of Topliss-reactive ketones (excluding diaryl/α,β-unsaturated/α-hetero) is 1. The number of fused-ring (bicyclic) bond motifs is 1. The lowest BCUT2D eigenvalue weighted by Gasteiger charge is -2.38. The summed E-state index contributed by atoms with van der Waals surface area (Å²) in [5, 5.41) is 0. The first-order valence-electron chi connectivity index (χ1n) is 12.3. The first-order chi connectivity index (χ1) is 17.4. The fraction of sp³-hybridized carbons (Fsp3) is 0.414. The lowest BCUT2D eigenvalue weighted by Crippen LogP contribution is -2.41. The van der Waals surface area contributed by atoms with Crippen LogP contribution in [0.3, 0.4) is 0 Å². The van der Waals surface area contributed by atoms with Gasteiger partial charge < -0.3 is 18.9 Å². The van der Waals surface area contributed by atoms with E-state index in [0.29, 0.717) is 48.0 Å². The molecule has 7 heteroatoms. The molecule has 1 fully saturated rings. The number of ether oxygens (including phenoxy) is 4. The summed E-state index contributed by atoms with van der Waals surface area (Å²) in [6.07, 6.45) is 0.939. The zero-order valence-corrected chi connectivity index (χ0v) is 21.5. The highest BCUT2D eigenvalue weighted by atomic mass is 16.5. The topological polar surface area (TPSA) is 83.4 Å². The van der Waals surface area contributed by atoms with Gasteiger partial charge in [0.1, 0.15) is 11.5 Å². The van der Waals surface area contributed by atoms with Gasteiger partial charge in [0.05, 0.1) is 38.9 Å². The van der Waals surface area contributed by atoms with Crippen molar-refractivity contribution in [3.05, 3.63) is 64.9 Å². The molecule has 2 aliphatic rings. The smallest absolute Gasteiger partial charge is 0.336 e. The van der Waals surface area contributed by atoms with Gasteiger partial charge >= 0.3 is 5.97 Å². The molecule has 190 valence electrons. The summed E-state index contributed by atoms with van der Waals surface area (Å²) in [5.41, 5.74) is 3.59. The van der Waals surface area contributed by atoms with E-state index in [0.717, 1.165) is 16.8 Å². The molecule has 1 saturated carbocycles. The highest BCUT2D eigenvalue weighted by Crippen LogP contribution is 2.48. The molecule has 0 saturated heterocycles. The minimum Gasteiger partial charge on any atom is -0.494 e. The maximum atomic E-state index is 13.8. The number of ketones is 1. The summed E-state index contributed by atoms with van der Waals surface area (Å²) in [4.78, 5) is 31.8. The van der Waals surface area contributed by atoms with Crippen LogP contribution in [-0.4, -0.2) is 44.9 Å². The number of rotatable bonds is 8. The van der Waals surface area contributed by atoms with Gasteiger partial charge in [0.25, 0.3) is 0 Å². The first-order valence-corrected chi connectivity index (χ1v) is 12.3. The highest BCUT2D eigenvalue weighted by Gasteiger charge is 2.47. The number of nitrogens with zero attached hydrogens (tertiary/aromatic N) is 1. The summed E-state index contributed by atoms with van der Waals surface area (Å²) in [5.74, 6) is 0.419. The Morgan fingerprint density at radius 2 is 1.69 bits per heavy atom. The molecule has 3 atom stereocenters. The molecule has 1 heterocycles. The number of para-hydroxylation sites is 1. The van der Waals surface area contributed by atoms with E-state index in [1.165, 1.54) is 0 Å². The number of aliphatic imine (C=N–C) groups is 1. The predicted molar refractivity (Wildman–Crippen MR) is 137 cm³/mol. The fourth-order valence-electron chi connectivity index (χ4n) is 5.35. The number of carbonyl (C=O) groups excluding carboxylic acids is 2. The Labute approximate surface area is 212 Å². The third-order valence-corrected chi connectivity index (χ3v) is 6.88. The molecule has 2 aromatic carbocycles. The Hall–Kier alpha value is -3.61. The molecule has 0 bridgehead atoms. The van der Waals surface area contributed by atoms with Crippen molar-refractivity contribution in [2.75, 3.05) is 27.4 Å². The van der Waals surface area contributed by atoms with Gasteiger partial charge in [0, 0.05) is 29.3 Å². The van der Waals surface area contributed by atoms with Crippen LogP contribution >= 0.6 is 0 Å². The molecule has 2 aromatic rings. The van der Waals surface area contributed by atoms with Crippen molar-refractivity contribution >= 4 is 17.5 Å². The standard InChI is InChI=1S/C29H33NO6/c1-6-35-23-11-9-8-10-20(23)27-26(29(32)36-7-2)17(3)30-21-14-19(15-22(31)28(21)27)18-12-13-24(33-4)25(16-18)34-5/h8-13,16,19,27-28H,6-7,14-15H2,1-5H3/t19-,27+,28?/m1/s1. The molecule has 0 aromatic heterocycles. The Balaban J connectivity index is 1.79. The summed E-state index contributed by atoms with van der Waals surface area (Å²) in [6.45, 7) is 6.22. The Morgan fingerprint density at radius 3 is 2.39 bits per heavy atom. The van der Waals surface area contributed by atoms with Crippen molar-refractivity contribution in [3.8, 4) is 17.2 Å². The molecule has 1 aliphatic carbocycles. The maximum Gasteiger partial charge on any atom is 0.336 e. The largest absolute Gasteiger partial charge is 0.494 e. The van der Waals surface area contributed by atoms with E-state index < -0.39 is 17.8 Å². The van der Waals surface area contributed by atoms with Crippen LogP contribution in [0.4, 0.5) is 0 Å². The summed E-state index contributed by atoms with van der Waals surface area (Å²) < 4.78 is 22.2. The summed E-state index contributed by atoms with van der Waals surface area (Å²) in [6, 6.07) is 13.4. The van der Waals surface area contributed by atoms with Crippen molar-refractivity contribution in [2.24, 2.45) is 10.9 Å². The van der Waals surface area contributed by atoms with Gasteiger partial charge in [-0.25, -0.2) is 4.79 Å². The average molecular weight is 492 g/mol. The van der Waals surface area contributed by atoms with Gasteiger partial charge in [0.2, 0.25) is 0 Å². The lowest BCUT2D eigenvalue weighted by molar-refractivity contribution is -0.139. The van der Waals surface area contributed by atoms with Gasteiger partial charge in [0.15, 0.2) is 11.5 Å². The van der Waals surface area contributed by atoms with E-state index in [9.17, 15) is 9.59 Å². The second-order valence-corrected chi connectivity index (χ2v) is 8.93. The second-order valence-electron chi connectivity index (χ2n) is 8.93. The molecule has 4 rings (SSSR count). The number of allylic oxidation sites excluding steroid dienone is 1. The van der Waals surface area contributed by atoms with Crippen LogP contribution in [0.2, 0.25) is 0 Å². The Kier molecular flexibility index (Phi) is 7.77. The molecule has 7 nitrogen and oxygen atoms in total. The number of hydrogen-bond donors (Lipinski definition) is 0. The van der Waals surface area contributed by atoms with Crippen LogP contribution < -0.4 is 14.2 Å². The summed E-state index contributed by atoms with van der Waals surface area (Å²) in [7, 11) is 3.19. The van der Waals surface area contributed by atoms with E-state index >= 15 is 0 Å². The normalized spacial score (nSPS) is 21.4. The maximum absolute atomic E-state index is 13.8. The zero-order chi connectivity index (χ0) is 25.8. The molecular formula is C29H33NO6. The average Bonchev–Trinajstić information content (AvgIpc) is 2.88. The number of esters is 1. The van der Waals surface area contributed by atoms with Crippen LogP contribution in [0.25, 0.3) is 0 Å². The first kappa shape index (κ1) is 25.5. The zero-order valence-electron chi connectivity index (χ0n) is 21.5. The molecule has 0 spiro atoms. The van der Waals surface area contributed by atoms with Gasteiger partial charge in [-0.15, -0.1) is 0 Å². The van der Waals surface area contributed by atoms with Crippen LogP contribution in [0.15, 0.2) is 58.7 Å². The van der Waals surface area contributed by atoms with Crippen molar-refractivity contribution in [1.82, 2.24) is 0 Å². The molecular weight excluding hydrogens is 458 g/mol. The van der Waals surface area contributed by atoms with E-state index in [4.69, 9.17) is 23.9 Å². The van der Waals surface area contributed by atoms with Crippen LogP contribution in [0, 0.1) is 5.92 Å². The molecule has 36 heavy (non-hydrogen) atoms. The minimum absolute atomic E-state index is 0.0467.